The molecule has 0 radical (unpaired) electrons. The minimum absolute atomic E-state index is 0.101. The van der Waals surface area contributed by atoms with E-state index in [-0.39, 0.29) is 13.0 Å². The molecule has 0 aromatic heterocycles. The Bertz CT molecular complexity index is 755. The number of benzene rings is 2. The van der Waals surface area contributed by atoms with Gasteiger partial charge >= 0.3 is 18.0 Å². The molecule has 8 heteroatoms. The number of hydrogen-bond donors (Lipinski definition) is 3. The first-order chi connectivity index (χ1) is 12.8. The van der Waals surface area contributed by atoms with Crippen LogP contribution in [0.1, 0.15) is 11.1 Å². The van der Waals surface area contributed by atoms with E-state index in [0.29, 0.717) is 11.1 Å². The molecule has 0 aliphatic heterocycles. The summed E-state index contributed by atoms with van der Waals surface area (Å²) in [7, 11) is 0. The third-order valence-electron chi connectivity index (χ3n) is 3.85. The number of alkyl halides is 2. The third kappa shape index (κ3) is 5.75. The van der Waals surface area contributed by atoms with Crippen LogP contribution >= 0.6 is 0 Å². The fraction of sp³-hybridized carbons (Fsp3) is 0.263. The summed E-state index contributed by atoms with van der Waals surface area (Å²) < 4.78 is 32.5. The average Bonchev–Trinajstić information content (AvgIpc) is 2.66. The third-order valence-corrected chi connectivity index (χ3v) is 3.85. The van der Waals surface area contributed by atoms with Gasteiger partial charge in [0.05, 0.1) is 6.04 Å². The molecule has 2 aromatic carbocycles. The number of carbonyl (C=O) groups is 2. The van der Waals surface area contributed by atoms with Gasteiger partial charge in [0.25, 0.3) is 0 Å². The molecule has 0 aliphatic rings. The zero-order valence-corrected chi connectivity index (χ0v) is 14.2. The van der Waals surface area contributed by atoms with Gasteiger partial charge in [0.2, 0.25) is 0 Å². The second kappa shape index (κ2) is 9.09. The van der Waals surface area contributed by atoms with Gasteiger partial charge < -0.3 is 20.3 Å². The summed E-state index contributed by atoms with van der Waals surface area (Å²) in [6.45, 7) is -0.101. The summed E-state index contributed by atoms with van der Waals surface area (Å²) >= 11 is 0. The Morgan fingerprint density at radius 2 is 1.52 bits per heavy atom. The highest BCUT2D eigenvalue weighted by atomic mass is 19.3. The number of amides is 1. The van der Waals surface area contributed by atoms with Crippen molar-refractivity contribution in [3.8, 4) is 0 Å². The summed E-state index contributed by atoms with van der Waals surface area (Å²) in [5, 5.41) is 20.7. The number of ether oxygens (including phenoxy) is 1. The van der Waals surface area contributed by atoms with E-state index in [4.69, 9.17) is 9.84 Å². The summed E-state index contributed by atoms with van der Waals surface area (Å²) in [5.41, 5.74) is 1.22. The summed E-state index contributed by atoms with van der Waals surface area (Å²) in [4.78, 5) is 22.7. The first-order valence-electron chi connectivity index (χ1n) is 8.11. The molecule has 2 rings (SSSR count). The maximum absolute atomic E-state index is 13.8. The maximum Gasteiger partial charge on any atom is 0.407 e. The lowest BCUT2D eigenvalue weighted by Crippen LogP contribution is -2.55. The van der Waals surface area contributed by atoms with Gasteiger partial charge in [-0.3, -0.25) is 0 Å². The van der Waals surface area contributed by atoms with Crippen LogP contribution in [-0.4, -0.2) is 40.3 Å². The Balaban J connectivity index is 2.08. The summed E-state index contributed by atoms with van der Waals surface area (Å²) in [5.74, 6) is -6.92. The number of aliphatic hydroxyl groups is 1. The van der Waals surface area contributed by atoms with Crippen LogP contribution in [0, 0.1) is 0 Å². The lowest BCUT2D eigenvalue weighted by atomic mass is 9.97. The number of aliphatic carboxylic acids is 1. The molecule has 1 amide bonds. The second-order valence-corrected chi connectivity index (χ2v) is 5.88. The van der Waals surface area contributed by atoms with Crippen LogP contribution in [0.2, 0.25) is 0 Å². The van der Waals surface area contributed by atoms with Crippen LogP contribution in [0.4, 0.5) is 13.6 Å². The summed E-state index contributed by atoms with van der Waals surface area (Å²) in [6, 6.07) is 15.4. The number of rotatable bonds is 8. The smallest absolute Gasteiger partial charge is 0.407 e. The number of halogens is 2. The Hall–Kier alpha value is -3.00. The van der Waals surface area contributed by atoms with Crippen LogP contribution in [0.25, 0.3) is 0 Å². The highest BCUT2D eigenvalue weighted by Gasteiger charge is 2.50. The monoisotopic (exact) mass is 379 g/mol. The van der Waals surface area contributed by atoms with Crippen molar-refractivity contribution >= 4 is 12.1 Å². The lowest BCUT2D eigenvalue weighted by Gasteiger charge is -2.27. The standard InChI is InChI=1S/C19H19F2NO5/c20-19(21,17(24)25)16(23)15(11-13-7-3-1-4-8-13)22-18(26)27-12-14-9-5-2-6-10-14/h1-10,15-16,23H,11-12H2,(H,22,26)(H,24,25)/t15-,16+/m0/s1. The van der Waals surface area contributed by atoms with Crippen LogP contribution in [0.3, 0.4) is 0 Å². The molecular weight excluding hydrogens is 360 g/mol. The molecule has 3 N–H and O–H groups in total. The second-order valence-electron chi connectivity index (χ2n) is 5.88. The Morgan fingerprint density at radius 3 is 2.04 bits per heavy atom. The van der Waals surface area contributed by atoms with Gasteiger partial charge in [-0.2, -0.15) is 8.78 Å². The molecular formula is C19H19F2NO5. The number of aliphatic hydroxyl groups excluding tert-OH is 1. The minimum atomic E-state index is -4.44. The first-order valence-corrected chi connectivity index (χ1v) is 8.11. The van der Waals surface area contributed by atoms with Crippen LogP contribution < -0.4 is 5.32 Å². The van der Waals surface area contributed by atoms with Crippen molar-refractivity contribution in [2.75, 3.05) is 0 Å². The Labute approximate surface area is 154 Å². The van der Waals surface area contributed by atoms with Crippen LogP contribution in [0.5, 0.6) is 0 Å². The average molecular weight is 379 g/mol. The number of hydrogen-bond acceptors (Lipinski definition) is 4. The van der Waals surface area contributed by atoms with Crippen molar-refractivity contribution in [3.05, 3.63) is 71.8 Å². The van der Waals surface area contributed by atoms with Crippen molar-refractivity contribution < 1.29 is 33.3 Å². The fourth-order valence-corrected chi connectivity index (χ4v) is 2.40. The van der Waals surface area contributed by atoms with Gasteiger partial charge in [0.15, 0.2) is 0 Å². The quantitative estimate of drug-likeness (QED) is 0.655. The topological polar surface area (TPSA) is 95.9 Å². The molecule has 0 fully saturated rings. The SMILES string of the molecule is O=C(N[C@@H](Cc1ccccc1)[C@@H](O)C(F)(F)C(=O)O)OCc1ccccc1. The van der Waals surface area contributed by atoms with E-state index in [1.807, 2.05) is 0 Å². The van der Waals surface area contributed by atoms with E-state index < -0.39 is 30.1 Å². The van der Waals surface area contributed by atoms with Crippen molar-refractivity contribution in [2.45, 2.75) is 31.1 Å². The molecule has 0 saturated heterocycles. The zero-order valence-electron chi connectivity index (χ0n) is 14.2. The summed E-state index contributed by atoms with van der Waals surface area (Å²) in [6.07, 6.45) is -3.88. The van der Waals surface area contributed by atoms with Gasteiger partial charge in [-0.05, 0) is 17.5 Å². The predicted octanol–water partition coefficient (Wildman–Crippen LogP) is 2.60. The molecule has 0 spiro atoms. The molecule has 6 nitrogen and oxygen atoms in total. The van der Waals surface area contributed by atoms with Gasteiger partial charge in [-0.25, -0.2) is 9.59 Å². The van der Waals surface area contributed by atoms with Crippen LogP contribution in [0.15, 0.2) is 60.7 Å². The molecule has 27 heavy (non-hydrogen) atoms. The normalized spacial score (nSPS) is 13.4. The molecule has 2 aromatic rings. The van der Waals surface area contributed by atoms with E-state index in [1.165, 1.54) is 0 Å². The predicted molar refractivity (Wildman–Crippen MR) is 92.3 cm³/mol. The molecule has 0 bridgehead atoms. The highest BCUT2D eigenvalue weighted by molar-refractivity contribution is 5.76. The van der Waals surface area contributed by atoms with Gasteiger partial charge in [-0.15, -0.1) is 0 Å². The van der Waals surface area contributed by atoms with E-state index in [0.717, 1.165) is 0 Å². The fourth-order valence-electron chi connectivity index (χ4n) is 2.40. The van der Waals surface area contributed by atoms with Crippen LogP contribution in [-0.2, 0) is 22.6 Å². The van der Waals surface area contributed by atoms with E-state index in [1.54, 1.807) is 60.7 Å². The zero-order chi connectivity index (χ0) is 19.9. The first kappa shape index (κ1) is 20.3. The van der Waals surface area contributed by atoms with E-state index >= 15 is 0 Å². The molecule has 0 unspecified atom stereocenters. The Morgan fingerprint density at radius 1 is 1.00 bits per heavy atom. The lowest BCUT2D eigenvalue weighted by molar-refractivity contribution is -0.185. The highest BCUT2D eigenvalue weighted by Crippen LogP contribution is 2.23. The molecule has 0 aliphatic carbocycles. The van der Waals surface area contributed by atoms with Gasteiger partial charge in [0.1, 0.15) is 12.7 Å². The number of carboxylic acid groups (broad SMARTS) is 1. The Kier molecular flexibility index (Phi) is 6.84. The largest absolute Gasteiger partial charge is 0.477 e. The van der Waals surface area contributed by atoms with Gasteiger partial charge in [0, 0.05) is 0 Å². The number of carboxylic acids is 1. The minimum Gasteiger partial charge on any atom is -0.477 e. The van der Waals surface area contributed by atoms with Gasteiger partial charge in [-0.1, -0.05) is 60.7 Å². The van der Waals surface area contributed by atoms with Crippen molar-refractivity contribution in [1.29, 1.82) is 0 Å². The van der Waals surface area contributed by atoms with E-state index in [2.05, 4.69) is 5.32 Å². The molecule has 2 atom stereocenters. The number of nitrogens with one attached hydrogen (secondary N) is 1. The molecule has 0 saturated carbocycles. The molecule has 0 heterocycles. The van der Waals surface area contributed by atoms with E-state index in [9.17, 15) is 23.5 Å². The molecule has 144 valence electrons. The van der Waals surface area contributed by atoms with Crippen molar-refractivity contribution in [1.82, 2.24) is 5.32 Å². The number of carbonyl (C=O) groups excluding carboxylic acids is 1. The van der Waals surface area contributed by atoms with Crippen molar-refractivity contribution in [3.63, 3.8) is 0 Å². The number of alkyl carbamates (subject to hydrolysis) is 1. The van der Waals surface area contributed by atoms with Crippen molar-refractivity contribution in [2.24, 2.45) is 0 Å². The maximum atomic E-state index is 13.8.